The van der Waals surface area contributed by atoms with E-state index in [0.29, 0.717) is 0 Å². The van der Waals surface area contributed by atoms with Crippen LogP contribution in [0, 0.1) is 0 Å². The quantitative estimate of drug-likeness (QED) is 0.865. The number of rotatable bonds is 3. The Hall–Kier alpha value is -1.52. The van der Waals surface area contributed by atoms with Gasteiger partial charge in [-0.3, -0.25) is 9.58 Å². The first-order chi connectivity index (χ1) is 11.2. The van der Waals surface area contributed by atoms with Gasteiger partial charge in [-0.2, -0.15) is 5.10 Å². The smallest absolute Gasteiger partial charge is 0.0660 e. The molecule has 0 bridgehead atoms. The fourth-order valence-corrected chi connectivity index (χ4v) is 4.11. The average molecular weight is 331 g/mol. The van der Waals surface area contributed by atoms with Gasteiger partial charge in [0.15, 0.2) is 0 Å². The van der Waals surface area contributed by atoms with Crippen LogP contribution in [0.1, 0.15) is 23.4 Å². The van der Waals surface area contributed by atoms with Crippen molar-refractivity contribution in [3.05, 3.63) is 46.2 Å². The normalized spacial score (nSPS) is 18.4. The summed E-state index contributed by atoms with van der Waals surface area (Å²) in [5, 5.41) is 5.55. The maximum Gasteiger partial charge on any atom is 0.0660 e. The SMILES string of the molecule is Cn1nc2c(c1CN1CCN(c3ccccc3Cl)CC1)CCC2. The summed E-state index contributed by atoms with van der Waals surface area (Å²) in [7, 11) is 2.09. The molecule has 1 saturated heterocycles. The number of para-hydroxylation sites is 1. The van der Waals surface area contributed by atoms with Gasteiger partial charge in [0.05, 0.1) is 22.1 Å². The third-order valence-electron chi connectivity index (χ3n) is 5.14. The zero-order valence-electron chi connectivity index (χ0n) is 13.6. The second-order valence-corrected chi connectivity index (χ2v) is 6.97. The highest BCUT2D eigenvalue weighted by Gasteiger charge is 2.24. The van der Waals surface area contributed by atoms with Crippen LogP contribution in [0.25, 0.3) is 0 Å². The van der Waals surface area contributed by atoms with Crippen LogP contribution in [0.5, 0.6) is 0 Å². The van der Waals surface area contributed by atoms with Gasteiger partial charge in [-0.05, 0) is 37.0 Å². The first-order valence-electron chi connectivity index (χ1n) is 8.48. The Bertz CT molecular complexity index is 701. The van der Waals surface area contributed by atoms with Crippen LogP contribution in [0.2, 0.25) is 5.02 Å². The lowest BCUT2D eigenvalue weighted by atomic mass is 10.1. The molecular formula is C18H23ClN4. The predicted molar refractivity (Wildman–Crippen MR) is 94.2 cm³/mol. The van der Waals surface area contributed by atoms with E-state index < -0.39 is 0 Å². The molecule has 1 aromatic heterocycles. The van der Waals surface area contributed by atoms with E-state index in [0.717, 1.165) is 49.9 Å². The molecule has 0 spiro atoms. The Morgan fingerprint density at radius 2 is 1.87 bits per heavy atom. The fraction of sp³-hybridized carbons (Fsp3) is 0.500. The molecule has 0 saturated carbocycles. The monoisotopic (exact) mass is 330 g/mol. The Morgan fingerprint density at radius 3 is 2.65 bits per heavy atom. The van der Waals surface area contributed by atoms with E-state index in [9.17, 15) is 0 Å². The number of hydrogen-bond donors (Lipinski definition) is 0. The van der Waals surface area contributed by atoms with Crippen LogP contribution in [-0.4, -0.2) is 40.9 Å². The minimum Gasteiger partial charge on any atom is -0.368 e. The van der Waals surface area contributed by atoms with Crippen molar-refractivity contribution in [3.8, 4) is 0 Å². The number of piperazine rings is 1. The van der Waals surface area contributed by atoms with E-state index in [4.69, 9.17) is 16.7 Å². The van der Waals surface area contributed by atoms with Gasteiger partial charge in [-0.15, -0.1) is 0 Å². The summed E-state index contributed by atoms with van der Waals surface area (Å²) in [6.45, 7) is 5.24. The molecule has 0 N–H and O–H groups in total. The third kappa shape index (κ3) is 2.86. The van der Waals surface area contributed by atoms with E-state index in [1.54, 1.807) is 0 Å². The lowest BCUT2D eigenvalue weighted by Crippen LogP contribution is -2.46. The van der Waals surface area contributed by atoms with Gasteiger partial charge in [0.1, 0.15) is 0 Å². The standard InChI is InChI=1S/C18H23ClN4/c1-21-18(14-5-4-7-16(14)20-21)13-22-9-11-23(12-10-22)17-8-3-2-6-15(17)19/h2-3,6,8H,4-5,7,9-13H2,1H3. The van der Waals surface area contributed by atoms with Crippen molar-refractivity contribution in [3.63, 3.8) is 0 Å². The van der Waals surface area contributed by atoms with Gasteiger partial charge in [0.25, 0.3) is 0 Å². The molecule has 122 valence electrons. The van der Waals surface area contributed by atoms with Crippen LogP contribution in [0.4, 0.5) is 5.69 Å². The van der Waals surface area contributed by atoms with Gasteiger partial charge in [0, 0.05) is 39.8 Å². The van der Waals surface area contributed by atoms with E-state index >= 15 is 0 Å². The summed E-state index contributed by atoms with van der Waals surface area (Å²) in [4.78, 5) is 4.94. The zero-order valence-corrected chi connectivity index (χ0v) is 14.4. The Labute approximate surface area is 142 Å². The molecule has 4 rings (SSSR count). The number of aromatic nitrogens is 2. The summed E-state index contributed by atoms with van der Waals surface area (Å²) in [5.41, 5.74) is 5.43. The topological polar surface area (TPSA) is 24.3 Å². The first-order valence-corrected chi connectivity index (χ1v) is 8.85. The number of benzene rings is 1. The molecule has 0 unspecified atom stereocenters. The molecule has 2 heterocycles. The summed E-state index contributed by atoms with van der Waals surface area (Å²) in [5.74, 6) is 0. The van der Waals surface area contributed by atoms with Gasteiger partial charge in [-0.1, -0.05) is 23.7 Å². The van der Waals surface area contributed by atoms with Crippen LogP contribution < -0.4 is 4.90 Å². The average Bonchev–Trinajstić information content (AvgIpc) is 3.12. The van der Waals surface area contributed by atoms with Gasteiger partial charge >= 0.3 is 0 Å². The lowest BCUT2D eigenvalue weighted by molar-refractivity contribution is 0.243. The summed E-state index contributed by atoms with van der Waals surface area (Å²) in [6.07, 6.45) is 3.63. The van der Waals surface area contributed by atoms with Crippen molar-refractivity contribution in [2.45, 2.75) is 25.8 Å². The Balaban J connectivity index is 1.42. The molecule has 1 aliphatic carbocycles. The predicted octanol–water partition coefficient (Wildman–Crippen LogP) is 2.88. The van der Waals surface area contributed by atoms with Crippen LogP contribution in [-0.2, 0) is 26.4 Å². The van der Waals surface area contributed by atoms with Crippen molar-refractivity contribution in [2.24, 2.45) is 7.05 Å². The third-order valence-corrected chi connectivity index (χ3v) is 5.46. The summed E-state index contributed by atoms with van der Waals surface area (Å²) < 4.78 is 2.10. The summed E-state index contributed by atoms with van der Waals surface area (Å²) in [6, 6.07) is 8.14. The van der Waals surface area contributed by atoms with Gasteiger partial charge in [0.2, 0.25) is 0 Å². The molecule has 1 fully saturated rings. The minimum absolute atomic E-state index is 0.852. The molecule has 1 aliphatic heterocycles. The molecule has 23 heavy (non-hydrogen) atoms. The molecule has 2 aromatic rings. The molecule has 0 radical (unpaired) electrons. The zero-order chi connectivity index (χ0) is 15.8. The molecule has 0 atom stereocenters. The first kappa shape index (κ1) is 15.0. The second-order valence-electron chi connectivity index (χ2n) is 6.56. The Morgan fingerprint density at radius 1 is 1.09 bits per heavy atom. The molecular weight excluding hydrogens is 308 g/mol. The molecule has 0 amide bonds. The van der Waals surface area contributed by atoms with Crippen molar-refractivity contribution in [2.75, 3.05) is 31.1 Å². The van der Waals surface area contributed by atoms with Crippen LogP contribution >= 0.6 is 11.6 Å². The molecule has 2 aliphatic rings. The van der Waals surface area contributed by atoms with Crippen LogP contribution in [0.3, 0.4) is 0 Å². The van der Waals surface area contributed by atoms with Crippen molar-refractivity contribution in [1.29, 1.82) is 0 Å². The second kappa shape index (κ2) is 6.17. The maximum atomic E-state index is 6.33. The number of anilines is 1. The highest BCUT2D eigenvalue weighted by molar-refractivity contribution is 6.33. The minimum atomic E-state index is 0.852. The van der Waals surface area contributed by atoms with E-state index in [1.165, 1.54) is 29.8 Å². The summed E-state index contributed by atoms with van der Waals surface area (Å²) >= 11 is 6.33. The number of hydrogen-bond acceptors (Lipinski definition) is 3. The van der Waals surface area contributed by atoms with E-state index in [2.05, 4.69) is 33.7 Å². The number of aryl methyl sites for hydroxylation is 2. The number of fused-ring (bicyclic) bond motifs is 1. The molecule has 4 nitrogen and oxygen atoms in total. The van der Waals surface area contributed by atoms with Gasteiger partial charge in [-0.25, -0.2) is 0 Å². The lowest BCUT2D eigenvalue weighted by Gasteiger charge is -2.36. The number of halogens is 1. The van der Waals surface area contributed by atoms with Crippen molar-refractivity contribution < 1.29 is 0 Å². The van der Waals surface area contributed by atoms with E-state index in [-0.39, 0.29) is 0 Å². The highest BCUT2D eigenvalue weighted by atomic mass is 35.5. The van der Waals surface area contributed by atoms with Crippen molar-refractivity contribution >= 4 is 17.3 Å². The highest BCUT2D eigenvalue weighted by Crippen LogP contribution is 2.28. The fourth-order valence-electron chi connectivity index (χ4n) is 3.85. The van der Waals surface area contributed by atoms with E-state index in [1.807, 2.05) is 12.1 Å². The van der Waals surface area contributed by atoms with Crippen molar-refractivity contribution in [1.82, 2.24) is 14.7 Å². The number of nitrogens with zero attached hydrogens (tertiary/aromatic N) is 4. The van der Waals surface area contributed by atoms with Gasteiger partial charge < -0.3 is 4.90 Å². The molecule has 1 aromatic carbocycles. The molecule has 5 heteroatoms. The largest absolute Gasteiger partial charge is 0.368 e. The Kier molecular flexibility index (Phi) is 4.04. The van der Waals surface area contributed by atoms with Crippen LogP contribution in [0.15, 0.2) is 24.3 Å². The maximum absolute atomic E-state index is 6.33.